The van der Waals surface area contributed by atoms with Crippen LogP contribution in [0, 0.1) is 12.8 Å². The van der Waals surface area contributed by atoms with Gasteiger partial charge >= 0.3 is 0 Å². The van der Waals surface area contributed by atoms with E-state index in [1.807, 2.05) is 4.90 Å². The lowest BCUT2D eigenvalue weighted by molar-refractivity contribution is -0.128. The van der Waals surface area contributed by atoms with Crippen molar-refractivity contribution in [2.24, 2.45) is 5.92 Å². The molecule has 2 heterocycles. The van der Waals surface area contributed by atoms with Crippen LogP contribution >= 0.6 is 0 Å². The lowest BCUT2D eigenvalue weighted by Crippen LogP contribution is -2.32. The van der Waals surface area contributed by atoms with Crippen LogP contribution < -0.4 is 10.7 Å². The Bertz CT molecular complexity index is 633. The summed E-state index contributed by atoms with van der Waals surface area (Å²) in [5.41, 5.74) is -0.250. The van der Waals surface area contributed by atoms with Crippen molar-refractivity contribution >= 4 is 11.8 Å². The Balaban J connectivity index is 1.56. The fourth-order valence-corrected chi connectivity index (χ4v) is 2.72. The highest BCUT2D eigenvalue weighted by Crippen LogP contribution is 2.32. The van der Waals surface area contributed by atoms with Crippen molar-refractivity contribution in [3.05, 3.63) is 33.9 Å². The molecular formula is C15H18N2O4. The van der Waals surface area contributed by atoms with Gasteiger partial charge in [0.25, 0.3) is 5.91 Å². The smallest absolute Gasteiger partial charge is 0.287 e. The minimum atomic E-state index is -0.409. The van der Waals surface area contributed by atoms with E-state index in [9.17, 15) is 14.4 Å². The number of amides is 2. The zero-order chi connectivity index (χ0) is 15.0. The molecule has 1 aliphatic carbocycles. The second-order valence-corrected chi connectivity index (χ2v) is 5.83. The molecule has 1 saturated carbocycles. The van der Waals surface area contributed by atoms with Crippen molar-refractivity contribution in [2.45, 2.75) is 32.2 Å². The van der Waals surface area contributed by atoms with Crippen LogP contribution in [-0.2, 0) is 4.79 Å². The molecule has 1 atom stereocenters. The molecule has 1 aromatic rings. The summed E-state index contributed by atoms with van der Waals surface area (Å²) in [4.78, 5) is 37.1. The molecule has 0 unspecified atom stereocenters. The van der Waals surface area contributed by atoms with Crippen LogP contribution in [0.4, 0.5) is 0 Å². The number of carbonyl (C=O) groups is 2. The molecule has 0 spiro atoms. The molecule has 21 heavy (non-hydrogen) atoms. The summed E-state index contributed by atoms with van der Waals surface area (Å²) >= 11 is 0. The summed E-state index contributed by atoms with van der Waals surface area (Å²) in [7, 11) is 0. The topological polar surface area (TPSA) is 79.6 Å². The molecule has 1 aliphatic heterocycles. The molecule has 2 fully saturated rings. The Morgan fingerprint density at radius 1 is 1.38 bits per heavy atom. The van der Waals surface area contributed by atoms with Crippen LogP contribution in [0.3, 0.4) is 0 Å². The minimum absolute atomic E-state index is 0.0170. The largest absolute Gasteiger partial charge is 0.456 e. The first-order valence-electron chi connectivity index (χ1n) is 7.22. The molecule has 6 heteroatoms. The molecule has 0 radical (unpaired) electrons. The number of hydrogen-bond acceptors (Lipinski definition) is 4. The molecule has 2 amide bonds. The van der Waals surface area contributed by atoms with E-state index < -0.39 is 5.91 Å². The third-order valence-corrected chi connectivity index (χ3v) is 3.89. The fourth-order valence-electron chi connectivity index (χ4n) is 2.72. The summed E-state index contributed by atoms with van der Waals surface area (Å²) in [5.74, 6) is 0.331. The summed E-state index contributed by atoms with van der Waals surface area (Å²) < 4.78 is 5.24. The molecule has 112 valence electrons. The van der Waals surface area contributed by atoms with Crippen LogP contribution in [0.15, 0.2) is 21.3 Å². The lowest BCUT2D eigenvalue weighted by atomic mass is 10.1. The summed E-state index contributed by atoms with van der Waals surface area (Å²) in [6, 6.07) is 2.94. The van der Waals surface area contributed by atoms with Gasteiger partial charge in [0.15, 0.2) is 11.2 Å². The van der Waals surface area contributed by atoms with Crippen LogP contribution in [0.2, 0.25) is 0 Å². The van der Waals surface area contributed by atoms with Gasteiger partial charge in [0, 0.05) is 43.6 Å². The third kappa shape index (κ3) is 3.15. The Morgan fingerprint density at radius 2 is 2.14 bits per heavy atom. The van der Waals surface area contributed by atoms with Gasteiger partial charge in [-0.3, -0.25) is 14.4 Å². The number of nitrogens with one attached hydrogen (secondary N) is 1. The lowest BCUT2D eigenvalue weighted by Gasteiger charge is -2.15. The van der Waals surface area contributed by atoms with Gasteiger partial charge in [-0.05, 0) is 19.8 Å². The maximum atomic E-state index is 12.0. The number of carbonyl (C=O) groups excluding carboxylic acids is 2. The van der Waals surface area contributed by atoms with Crippen LogP contribution in [0.25, 0.3) is 0 Å². The van der Waals surface area contributed by atoms with Crippen LogP contribution in [0.5, 0.6) is 0 Å². The molecule has 0 bridgehead atoms. The van der Waals surface area contributed by atoms with Crippen LogP contribution in [0.1, 0.15) is 35.6 Å². The van der Waals surface area contributed by atoms with Gasteiger partial charge in [0.05, 0.1) is 0 Å². The average Bonchev–Trinajstić information content (AvgIpc) is 3.19. The normalized spacial score (nSPS) is 21.7. The van der Waals surface area contributed by atoms with Crippen molar-refractivity contribution in [3.8, 4) is 0 Å². The highest BCUT2D eigenvalue weighted by Gasteiger charge is 2.39. The molecule has 3 rings (SSSR count). The number of aryl methyl sites for hydroxylation is 1. The Labute approximate surface area is 122 Å². The summed E-state index contributed by atoms with van der Waals surface area (Å²) in [6.07, 6.45) is 2.67. The van der Waals surface area contributed by atoms with E-state index in [1.54, 1.807) is 6.92 Å². The van der Waals surface area contributed by atoms with E-state index in [-0.39, 0.29) is 23.0 Å². The average molecular weight is 290 g/mol. The van der Waals surface area contributed by atoms with Gasteiger partial charge < -0.3 is 14.6 Å². The Hall–Kier alpha value is -2.11. The van der Waals surface area contributed by atoms with E-state index >= 15 is 0 Å². The van der Waals surface area contributed by atoms with Gasteiger partial charge in [-0.15, -0.1) is 0 Å². The van der Waals surface area contributed by atoms with Gasteiger partial charge in [0.2, 0.25) is 5.91 Å². The number of hydrogen-bond donors (Lipinski definition) is 1. The second kappa shape index (κ2) is 5.35. The highest BCUT2D eigenvalue weighted by molar-refractivity contribution is 5.91. The molecule has 6 nitrogen and oxygen atoms in total. The molecular weight excluding hydrogens is 272 g/mol. The molecule has 1 N–H and O–H groups in total. The zero-order valence-corrected chi connectivity index (χ0v) is 11.9. The predicted molar refractivity (Wildman–Crippen MR) is 74.9 cm³/mol. The minimum Gasteiger partial charge on any atom is -0.456 e. The first kappa shape index (κ1) is 13.9. The SMILES string of the molecule is Cc1cc(=O)cc(C(=O)NC[C@@H]2CC(=O)N(C3CC3)C2)o1. The highest BCUT2D eigenvalue weighted by atomic mass is 16.3. The van der Waals surface area contributed by atoms with E-state index in [1.165, 1.54) is 12.1 Å². The molecule has 0 aromatic carbocycles. The molecule has 1 aromatic heterocycles. The van der Waals surface area contributed by atoms with Crippen LogP contribution in [-0.4, -0.2) is 35.8 Å². The Kier molecular flexibility index (Phi) is 3.53. The van der Waals surface area contributed by atoms with Gasteiger partial charge in [-0.2, -0.15) is 0 Å². The van der Waals surface area contributed by atoms with Crippen molar-refractivity contribution in [1.82, 2.24) is 10.2 Å². The maximum absolute atomic E-state index is 12.0. The number of nitrogens with zero attached hydrogens (tertiary/aromatic N) is 1. The van der Waals surface area contributed by atoms with Gasteiger partial charge in [-0.1, -0.05) is 0 Å². The van der Waals surface area contributed by atoms with Crippen molar-refractivity contribution in [3.63, 3.8) is 0 Å². The maximum Gasteiger partial charge on any atom is 0.287 e. The van der Waals surface area contributed by atoms with E-state index in [0.29, 0.717) is 31.3 Å². The van der Waals surface area contributed by atoms with Gasteiger partial charge in [-0.25, -0.2) is 0 Å². The first-order valence-corrected chi connectivity index (χ1v) is 7.22. The second-order valence-electron chi connectivity index (χ2n) is 5.83. The van der Waals surface area contributed by atoms with Gasteiger partial charge in [0.1, 0.15) is 5.76 Å². The van der Waals surface area contributed by atoms with Crippen molar-refractivity contribution in [1.29, 1.82) is 0 Å². The summed E-state index contributed by atoms with van der Waals surface area (Å²) in [6.45, 7) is 2.76. The van der Waals surface area contributed by atoms with E-state index in [0.717, 1.165) is 12.8 Å². The van der Waals surface area contributed by atoms with Crippen molar-refractivity contribution in [2.75, 3.05) is 13.1 Å². The zero-order valence-electron chi connectivity index (χ0n) is 11.9. The number of likely N-dealkylation sites (tertiary alicyclic amines) is 1. The summed E-state index contributed by atoms with van der Waals surface area (Å²) in [5, 5.41) is 2.75. The third-order valence-electron chi connectivity index (χ3n) is 3.89. The molecule has 2 aliphatic rings. The molecule has 1 saturated heterocycles. The predicted octanol–water partition coefficient (Wildman–Crippen LogP) is 0.689. The number of rotatable bonds is 4. The van der Waals surface area contributed by atoms with E-state index in [2.05, 4.69) is 5.32 Å². The fraction of sp³-hybridized carbons (Fsp3) is 0.533. The first-order chi connectivity index (χ1) is 10.0. The van der Waals surface area contributed by atoms with Crippen molar-refractivity contribution < 1.29 is 14.0 Å². The standard InChI is InChI=1S/C15H18N2O4/c1-9-4-12(18)6-13(21-9)15(20)16-7-10-5-14(19)17(8-10)11-2-3-11/h4,6,10-11H,2-3,5,7-8H2,1H3,(H,16,20)/t10-/m0/s1. The monoisotopic (exact) mass is 290 g/mol. The van der Waals surface area contributed by atoms with E-state index in [4.69, 9.17) is 4.42 Å². The Morgan fingerprint density at radius 3 is 2.81 bits per heavy atom. The quantitative estimate of drug-likeness (QED) is 0.884.